The van der Waals surface area contributed by atoms with Crippen molar-refractivity contribution in [1.29, 1.82) is 0 Å². The van der Waals surface area contributed by atoms with Crippen LogP contribution in [0.1, 0.15) is 0 Å². The average Bonchev–Trinajstić information content (AvgIpc) is 2.78. The summed E-state index contributed by atoms with van der Waals surface area (Å²) in [6, 6.07) is 9.33. The molecule has 0 saturated heterocycles. The molecule has 0 spiro atoms. The molecule has 2 heterocycles. The first-order valence-corrected chi connectivity index (χ1v) is 6.04. The molecule has 0 radical (unpaired) electrons. The second kappa shape index (κ2) is 3.94. The first-order valence-electron chi connectivity index (χ1n) is 4.85. The standard InChI is InChI=1S/C11H6ClN3OS/c12-9-8(7-4-2-1-3-5-7)10(16)15-6-13-14-11(15)17-9/h1-6H. The second-order valence-electron chi connectivity index (χ2n) is 3.41. The molecule has 0 amide bonds. The van der Waals surface area contributed by atoms with E-state index < -0.39 is 0 Å². The maximum atomic E-state index is 12.2. The van der Waals surface area contributed by atoms with Crippen molar-refractivity contribution in [3.63, 3.8) is 0 Å². The average molecular weight is 264 g/mol. The first kappa shape index (κ1) is 10.4. The quantitative estimate of drug-likeness (QED) is 0.678. The van der Waals surface area contributed by atoms with Gasteiger partial charge < -0.3 is 0 Å². The van der Waals surface area contributed by atoms with Crippen molar-refractivity contribution in [2.45, 2.75) is 0 Å². The molecule has 0 saturated carbocycles. The Balaban J connectivity index is 2.40. The molecule has 3 rings (SSSR count). The van der Waals surface area contributed by atoms with Gasteiger partial charge in [0.05, 0.1) is 5.56 Å². The SMILES string of the molecule is O=c1c(-c2ccccc2)c(Cl)sc2nncn12. The number of benzene rings is 1. The number of aromatic nitrogens is 3. The van der Waals surface area contributed by atoms with Crippen molar-refractivity contribution in [2.24, 2.45) is 0 Å². The Morgan fingerprint density at radius 3 is 2.76 bits per heavy atom. The van der Waals surface area contributed by atoms with Crippen LogP contribution in [0.2, 0.25) is 4.34 Å². The van der Waals surface area contributed by atoms with Crippen LogP contribution in [0.4, 0.5) is 0 Å². The van der Waals surface area contributed by atoms with Crippen LogP contribution in [-0.2, 0) is 0 Å². The Bertz CT molecular complexity index is 735. The highest BCUT2D eigenvalue weighted by atomic mass is 35.5. The zero-order valence-electron chi connectivity index (χ0n) is 8.50. The third-order valence-corrected chi connectivity index (χ3v) is 3.65. The molecule has 0 unspecified atom stereocenters. The molecule has 0 aliphatic carbocycles. The van der Waals surface area contributed by atoms with Crippen LogP contribution in [0.3, 0.4) is 0 Å². The Labute approximate surface area is 105 Å². The van der Waals surface area contributed by atoms with Crippen LogP contribution < -0.4 is 5.56 Å². The molecule has 1 aromatic carbocycles. The highest BCUT2D eigenvalue weighted by molar-refractivity contribution is 7.20. The lowest BCUT2D eigenvalue weighted by molar-refractivity contribution is 1.08. The molecule has 0 N–H and O–H groups in total. The second-order valence-corrected chi connectivity index (χ2v) is 4.99. The molecule has 0 atom stereocenters. The lowest BCUT2D eigenvalue weighted by Crippen LogP contribution is -2.13. The molecule has 0 aliphatic heterocycles. The van der Waals surface area contributed by atoms with E-state index in [-0.39, 0.29) is 5.56 Å². The number of nitrogens with zero attached hydrogens (tertiary/aromatic N) is 3. The zero-order valence-corrected chi connectivity index (χ0v) is 10.1. The smallest absolute Gasteiger partial charge is 0.268 e. The summed E-state index contributed by atoms with van der Waals surface area (Å²) in [5.41, 5.74) is 1.10. The molecular formula is C11H6ClN3OS. The summed E-state index contributed by atoms with van der Waals surface area (Å²) in [6.07, 6.45) is 1.40. The van der Waals surface area contributed by atoms with Gasteiger partial charge in [0, 0.05) is 0 Å². The molecule has 2 aromatic heterocycles. The van der Waals surface area contributed by atoms with Crippen molar-refractivity contribution < 1.29 is 0 Å². The van der Waals surface area contributed by atoms with E-state index in [0.29, 0.717) is 14.9 Å². The predicted octanol–water partition coefficient (Wildman–Crippen LogP) is 2.47. The molecular weight excluding hydrogens is 258 g/mol. The lowest BCUT2D eigenvalue weighted by atomic mass is 10.1. The summed E-state index contributed by atoms with van der Waals surface area (Å²) in [4.78, 5) is 12.7. The first-order chi connectivity index (χ1) is 8.27. The minimum absolute atomic E-state index is 0.194. The highest BCUT2D eigenvalue weighted by Crippen LogP contribution is 2.28. The number of fused-ring (bicyclic) bond motifs is 1. The fourth-order valence-electron chi connectivity index (χ4n) is 1.61. The monoisotopic (exact) mass is 263 g/mol. The molecule has 3 aromatic rings. The highest BCUT2D eigenvalue weighted by Gasteiger charge is 2.13. The summed E-state index contributed by atoms with van der Waals surface area (Å²) in [5.74, 6) is 0. The van der Waals surface area contributed by atoms with E-state index in [4.69, 9.17) is 11.6 Å². The van der Waals surface area contributed by atoms with E-state index in [2.05, 4.69) is 10.2 Å². The maximum Gasteiger partial charge on any atom is 0.268 e. The van der Waals surface area contributed by atoms with Crippen LogP contribution in [0.5, 0.6) is 0 Å². The minimum Gasteiger partial charge on any atom is -0.268 e. The number of hydrogen-bond acceptors (Lipinski definition) is 4. The minimum atomic E-state index is -0.194. The van der Waals surface area contributed by atoms with Gasteiger partial charge in [0.2, 0.25) is 4.96 Å². The molecule has 0 fully saturated rings. The van der Waals surface area contributed by atoms with Gasteiger partial charge in [-0.1, -0.05) is 53.3 Å². The van der Waals surface area contributed by atoms with Crippen LogP contribution in [0.15, 0.2) is 41.5 Å². The Morgan fingerprint density at radius 1 is 1.24 bits per heavy atom. The summed E-state index contributed by atoms with van der Waals surface area (Å²) in [6.45, 7) is 0. The summed E-state index contributed by atoms with van der Waals surface area (Å²) >= 11 is 7.38. The maximum absolute atomic E-state index is 12.2. The van der Waals surface area contributed by atoms with E-state index >= 15 is 0 Å². The molecule has 6 heteroatoms. The molecule has 84 valence electrons. The molecule has 0 bridgehead atoms. The summed E-state index contributed by atoms with van der Waals surface area (Å²) in [7, 11) is 0. The summed E-state index contributed by atoms with van der Waals surface area (Å²) in [5, 5.41) is 7.52. The number of halogens is 1. The Kier molecular flexibility index (Phi) is 2.42. The van der Waals surface area contributed by atoms with Gasteiger partial charge in [-0.15, -0.1) is 10.2 Å². The number of rotatable bonds is 1. The van der Waals surface area contributed by atoms with E-state index in [1.807, 2.05) is 30.3 Å². The fraction of sp³-hybridized carbons (Fsp3) is 0. The van der Waals surface area contributed by atoms with Gasteiger partial charge in [0.1, 0.15) is 10.7 Å². The van der Waals surface area contributed by atoms with Gasteiger partial charge >= 0.3 is 0 Å². The van der Waals surface area contributed by atoms with E-state index in [9.17, 15) is 4.79 Å². The molecule has 4 nitrogen and oxygen atoms in total. The van der Waals surface area contributed by atoms with Gasteiger partial charge in [0.25, 0.3) is 5.56 Å². The van der Waals surface area contributed by atoms with Crippen molar-refractivity contribution in [1.82, 2.24) is 14.6 Å². The van der Waals surface area contributed by atoms with Crippen LogP contribution in [0, 0.1) is 0 Å². The Hall–Kier alpha value is -1.72. The van der Waals surface area contributed by atoms with Crippen LogP contribution in [-0.4, -0.2) is 14.6 Å². The van der Waals surface area contributed by atoms with Gasteiger partial charge in [-0.2, -0.15) is 0 Å². The molecule has 0 aliphatic rings. The Morgan fingerprint density at radius 2 is 2.00 bits per heavy atom. The van der Waals surface area contributed by atoms with Gasteiger partial charge in [-0.25, -0.2) is 4.40 Å². The van der Waals surface area contributed by atoms with E-state index in [0.717, 1.165) is 5.56 Å². The van der Waals surface area contributed by atoms with Crippen molar-refractivity contribution in [3.05, 3.63) is 51.3 Å². The summed E-state index contributed by atoms with van der Waals surface area (Å²) < 4.78 is 1.83. The van der Waals surface area contributed by atoms with Gasteiger partial charge in [-0.3, -0.25) is 4.79 Å². The fourth-order valence-corrected chi connectivity index (χ4v) is 2.79. The third-order valence-electron chi connectivity index (χ3n) is 2.39. The largest absolute Gasteiger partial charge is 0.268 e. The molecule has 17 heavy (non-hydrogen) atoms. The topological polar surface area (TPSA) is 47.3 Å². The van der Waals surface area contributed by atoms with Crippen molar-refractivity contribution in [3.8, 4) is 11.1 Å². The van der Waals surface area contributed by atoms with Gasteiger partial charge in [-0.05, 0) is 5.56 Å². The van der Waals surface area contributed by atoms with Crippen molar-refractivity contribution in [2.75, 3.05) is 0 Å². The van der Waals surface area contributed by atoms with Crippen molar-refractivity contribution >= 4 is 27.9 Å². The van der Waals surface area contributed by atoms with E-state index in [1.54, 1.807) is 0 Å². The predicted molar refractivity (Wildman–Crippen MR) is 67.6 cm³/mol. The third kappa shape index (κ3) is 1.64. The van der Waals surface area contributed by atoms with Crippen LogP contribution in [0.25, 0.3) is 16.1 Å². The zero-order chi connectivity index (χ0) is 11.8. The van der Waals surface area contributed by atoms with E-state index in [1.165, 1.54) is 22.1 Å². The lowest BCUT2D eigenvalue weighted by Gasteiger charge is -2.02. The number of hydrogen-bond donors (Lipinski definition) is 0. The normalized spacial score (nSPS) is 10.9. The van der Waals surface area contributed by atoms with Crippen LogP contribution >= 0.6 is 22.9 Å². The van der Waals surface area contributed by atoms with Gasteiger partial charge in [0.15, 0.2) is 0 Å².